The van der Waals surface area contributed by atoms with E-state index in [9.17, 15) is 9.59 Å². The fraction of sp³-hybridized carbons (Fsp3) is 0.500. The predicted molar refractivity (Wildman–Crippen MR) is 102 cm³/mol. The molecule has 7 heteroatoms. The summed E-state index contributed by atoms with van der Waals surface area (Å²) >= 11 is 1.35. The fourth-order valence-electron chi connectivity index (χ4n) is 2.36. The highest BCUT2D eigenvalue weighted by atomic mass is 32.2. The van der Waals surface area contributed by atoms with Crippen LogP contribution >= 0.6 is 11.8 Å². The highest BCUT2D eigenvalue weighted by molar-refractivity contribution is 7.99. The van der Waals surface area contributed by atoms with Crippen LogP contribution in [-0.4, -0.2) is 33.3 Å². The van der Waals surface area contributed by atoms with Gasteiger partial charge in [-0.2, -0.15) is 0 Å². The number of rotatable bonds is 7. The van der Waals surface area contributed by atoms with Crippen molar-refractivity contribution >= 4 is 34.7 Å². The van der Waals surface area contributed by atoms with E-state index in [1.54, 1.807) is 0 Å². The Morgan fingerprint density at radius 2 is 1.92 bits per heavy atom. The number of carbonyl (C=O) groups excluding carboxylic acids is 2. The molecule has 2 aromatic rings. The van der Waals surface area contributed by atoms with Crippen molar-refractivity contribution in [2.45, 2.75) is 51.9 Å². The van der Waals surface area contributed by atoms with Gasteiger partial charge in [-0.25, -0.2) is 9.78 Å². The van der Waals surface area contributed by atoms with E-state index in [1.807, 2.05) is 38.1 Å². The third-order valence-electron chi connectivity index (χ3n) is 3.55. The van der Waals surface area contributed by atoms with E-state index in [0.717, 1.165) is 29.2 Å². The third kappa shape index (κ3) is 5.77. The number of carbonyl (C=O) groups is 2. The van der Waals surface area contributed by atoms with Gasteiger partial charge in [-0.15, -0.1) is 0 Å². The van der Waals surface area contributed by atoms with Gasteiger partial charge in [0.1, 0.15) is 0 Å². The number of urea groups is 1. The number of hydrogen-bond donors (Lipinski definition) is 2. The minimum atomic E-state index is -0.464. The molecule has 0 fully saturated rings. The van der Waals surface area contributed by atoms with Crippen molar-refractivity contribution in [1.82, 2.24) is 20.2 Å². The number of thioether (sulfide) groups is 1. The van der Waals surface area contributed by atoms with Crippen LogP contribution in [0.1, 0.15) is 34.1 Å². The average molecular weight is 362 g/mol. The molecule has 1 aromatic carbocycles. The van der Waals surface area contributed by atoms with Gasteiger partial charge in [0, 0.05) is 12.6 Å². The van der Waals surface area contributed by atoms with Crippen LogP contribution in [0.5, 0.6) is 0 Å². The van der Waals surface area contributed by atoms with E-state index in [0.29, 0.717) is 5.92 Å². The molecule has 2 rings (SSSR count). The van der Waals surface area contributed by atoms with E-state index in [-0.39, 0.29) is 17.7 Å². The Kier molecular flexibility index (Phi) is 6.87. The first-order chi connectivity index (χ1) is 11.9. The Balaban J connectivity index is 2.05. The first-order valence-electron chi connectivity index (χ1n) is 8.55. The van der Waals surface area contributed by atoms with Gasteiger partial charge in [-0.3, -0.25) is 10.1 Å². The van der Waals surface area contributed by atoms with Gasteiger partial charge < -0.3 is 9.88 Å². The maximum atomic E-state index is 12.0. The van der Waals surface area contributed by atoms with Crippen molar-refractivity contribution in [2.24, 2.45) is 5.92 Å². The number of aromatic nitrogens is 2. The summed E-state index contributed by atoms with van der Waals surface area (Å²) in [7, 11) is 0. The number of aryl methyl sites for hydroxylation is 1. The van der Waals surface area contributed by atoms with Crippen molar-refractivity contribution in [1.29, 1.82) is 0 Å². The minimum Gasteiger partial charge on any atom is -0.336 e. The van der Waals surface area contributed by atoms with Gasteiger partial charge in [0.05, 0.1) is 16.8 Å². The van der Waals surface area contributed by atoms with Crippen LogP contribution in [-0.2, 0) is 11.3 Å². The van der Waals surface area contributed by atoms with Crippen molar-refractivity contribution in [2.75, 3.05) is 5.75 Å². The molecule has 0 spiro atoms. The van der Waals surface area contributed by atoms with E-state index in [4.69, 9.17) is 0 Å². The maximum Gasteiger partial charge on any atom is 0.321 e. The SMILES string of the molecule is CC(C)CCn1c(SCC(=O)NC(=O)NC(C)C)nc2ccccc21. The second-order valence-electron chi connectivity index (χ2n) is 6.68. The van der Waals surface area contributed by atoms with Crippen molar-refractivity contribution in [3.05, 3.63) is 24.3 Å². The van der Waals surface area contributed by atoms with Crippen LogP contribution in [0.4, 0.5) is 4.79 Å². The second kappa shape index (κ2) is 8.89. The predicted octanol–water partition coefficient (Wildman–Crippen LogP) is 3.41. The number of hydrogen-bond acceptors (Lipinski definition) is 4. The lowest BCUT2D eigenvalue weighted by molar-refractivity contribution is -0.117. The van der Waals surface area contributed by atoms with E-state index in [1.165, 1.54) is 11.8 Å². The maximum absolute atomic E-state index is 12.0. The molecule has 25 heavy (non-hydrogen) atoms. The van der Waals surface area contributed by atoms with Crippen LogP contribution in [0.2, 0.25) is 0 Å². The topological polar surface area (TPSA) is 76.0 Å². The number of nitrogens with zero attached hydrogens (tertiary/aromatic N) is 2. The molecule has 0 aliphatic carbocycles. The van der Waals surface area contributed by atoms with Crippen LogP contribution in [0.25, 0.3) is 11.0 Å². The molecule has 1 heterocycles. The summed E-state index contributed by atoms with van der Waals surface area (Å²) in [6.07, 6.45) is 1.04. The molecule has 0 saturated heterocycles. The minimum absolute atomic E-state index is 0.0133. The van der Waals surface area contributed by atoms with E-state index < -0.39 is 6.03 Å². The lowest BCUT2D eigenvalue weighted by Crippen LogP contribution is -2.43. The van der Waals surface area contributed by atoms with E-state index in [2.05, 4.69) is 34.0 Å². The van der Waals surface area contributed by atoms with Gasteiger partial charge in [0.25, 0.3) is 0 Å². The largest absolute Gasteiger partial charge is 0.336 e. The molecule has 0 unspecified atom stereocenters. The zero-order valence-corrected chi connectivity index (χ0v) is 16.0. The second-order valence-corrected chi connectivity index (χ2v) is 7.62. The molecule has 0 bridgehead atoms. The fourth-order valence-corrected chi connectivity index (χ4v) is 3.20. The standard InChI is InChI=1S/C18H26N4O2S/c1-12(2)9-10-22-15-8-6-5-7-14(15)20-18(22)25-11-16(23)21-17(24)19-13(3)4/h5-8,12-13H,9-11H2,1-4H3,(H2,19,21,23,24). The molecule has 6 nitrogen and oxygen atoms in total. The molecular weight excluding hydrogens is 336 g/mol. The molecule has 0 saturated carbocycles. The van der Waals surface area contributed by atoms with Crippen LogP contribution < -0.4 is 10.6 Å². The Hall–Kier alpha value is -2.02. The van der Waals surface area contributed by atoms with Crippen LogP contribution in [0.3, 0.4) is 0 Å². The third-order valence-corrected chi connectivity index (χ3v) is 4.53. The zero-order chi connectivity index (χ0) is 18.4. The lowest BCUT2D eigenvalue weighted by Gasteiger charge is -2.11. The summed E-state index contributed by atoms with van der Waals surface area (Å²) < 4.78 is 2.15. The lowest BCUT2D eigenvalue weighted by atomic mass is 10.1. The van der Waals surface area contributed by atoms with Crippen molar-refractivity contribution < 1.29 is 9.59 Å². The molecule has 1 aromatic heterocycles. The quantitative estimate of drug-likeness (QED) is 0.740. The number of imide groups is 1. The number of fused-ring (bicyclic) bond motifs is 1. The molecule has 0 atom stereocenters. The summed E-state index contributed by atoms with van der Waals surface area (Å²) in [5, 5.41) is 5.78. The molecule has 0 aliphatic rings. The summed E-state index contributed by atoms with van der Waals surface area (Å²) in [6.45, 7) is 8.92. The Morgan fingerprint density at radius 3 is 2.60 bits per heavy atom. The van der Waals surface area contributed by atoms with Crippen molar-refractivity contribution in [3.8, 4) is 0 Å². The Bertz CT molecular complexity index is 740. The van der Waals surface area contributed by atoms with Gasteiger partial charge in [0.2, 0.25) is 5.91 Å². The Labute approximate surface area is 152 Å². The first-order valence-corrected chi connectivity index (χ1v) is 9.53. The highest BCUT2D eigenvalue weighted by Crippen LogP contribution is 2.25. The number of amides is 3. The van der Waals surface area contributed by atoms with Crippen LogP contribution in [0, 0.1) is 5.92 Å². The number of imidazole rings is 1. The van der Waals surface area contributed by atoms with E-state index >= 15 is 0 Å². The van der Waals surface area contributed by atoms with Gasteiger partial charge in [-0.1, -0.05) is 37.7 Å². The highest BCUT2D eigenvalue weighted by Gasteiger charge is 2.14. The molecular formula is C18H26N4O2S. The number of nitrogens with one attached hydrogen (secondary N) is 2. The Morgan fingerprint density at radius 1 is 1.20 bits per heavy atom. The monoisotopic (exact) mass is 362 g/mol. The molecule has 2 N–H and O–H groups in total. The summed E-state index contributed by atoms with van der Waals surface area (Å²) in [5.74, 6) is 0.406. The molecule has 3 amide bonds. The van der Waals surface area contributed by atoms with Gasteiger partial charge >= 0.3 is 6.03 Å². The molecule has 0 radical (unpaired) electrons. The molecule has 136 valence electrons. The van der Waals surface area contributed by atoms with Gasteiger partial charge in [0.15, 0.2) is 5.16 Å². The molecule has 0 aliphatic heterocycles. The average Bonchev–Trinajstić information content (AvgIpc) is 2.87. The summed E-state index contributed by atoms with van der Waals surface area (Å²) in [4.78, 5) is 28.2. The first kappa shape index (κ1) is 19.3. The van der Waals surface area contributed by atoms with Crippen molar-refractivity contribution in [3.63, 3.8) is 0 Å². The zero-order valence-electron chi connectivity index (χ0n) is 15.2. The van der Waals surface area contributed by atoms with Crippen LogP contribution in [0.15, 0.2) is 29.4 Å². The summed E-state index contributed by atoms with van der Waals surface area (Å²) in [5.41, 5.74) is 2.00. The number of benzene rings is 1. The number of para-hydroxylation sites is 2. The smallest absolute Gasteiger partial charge is 0.321 e. The summed E-state index contributed by atoms with van der Waals surface area (Å²) in [6, 6.07) is 7.49. The normalized spacial score (nSPS) is 11.3. The van der Waals surface area contributed by atoms with Gasteiger partial charge in [-0.05, 0) is 38.3 Å².